The van der Waals surface area contributed by atoms with Gasteiger partial charge in [0.05, 0.1) is 12.2 Å². The molecule has 0 aromatic rings. The van der Waals surface area contributed by atoms with Crippen molar-refractivity contribution in [3.05, 3.63) is 0 Å². The van der Waals surface area contributed by atoms with Gasteiger partial charge >= 0.3 is 0 Å². The van der Waals surface area contributed by atoms with Crippen LogP contribution < -0.4 is 0 Å². The summed E-state index contributed by atoms with van der Waals surface area (Å²) < 4.78 is 0. The van der Waals surface area contributed by atoms with Crippen molar-refractivity contribution in [3.63, 3.8) is 0 Å². The minimum atomic E-state index is -0.750. The molecule has 0 aromatic heterocycles. The van der Waals surface area contributed by atoms with Gasteiger partial charge in [-0.05, 0) is 12.8 Å². The van der Waals surface area contributed by atoms with Gasteiger partial charge in [0, 0.05) is 0 Å². The van der Waals surface area contributed by atoms with Crippen molar-refractivity contribution in [1.29, 1.82) is 0 Å². The molecule has 1 aliphatic rings. The van der Waals surface area contributed by atoms with Crippen molar-refractivity contribution in [2.24, 2.45) is 0 Å². The molecule has 0 aromatic carbocycles. The predicted molar refractivity (Wildman–Crippen MR) is 44.4 cm³/mol. The minimum absolute atomic E-state index is 0.0625. The van der Waals surface area contributed by atoms with E-state index in [4.69, 9.17) is 5.11 Å². The van der Waals surface area contributed by atoms with Crippen LogP contribution in [0.5, 0.6) is 0 Å². The van der Waals surface area contributed by atoms with Gasteiger partial charge in [0.15, 0.2) is 0 Å². The molecule has 1 aliphatic carbocycles. The fourth-order valence-electron chi connectivity index (χ4n) is 1.72. The molecule has 11 heavy (non-hydrogen) atoms. The molecular formula is C9H18O2. The van der Waals surface area contributed by atoms with Crippen molar-refractivity contribution in [2.45, 2.75) is 50.5 Å². The molecule has 1 rings (SSSR count). The number of hydrogen-bond donors (Lipinski definition) is 2. The number of aliphatic hydroxyl groups is 2. The van der Waals surface area contributed by atoms with Gasteiger partial charge in [-0.1, -0.05) is 32.1 Å². The normalized spacial score (nSPS) is 25.6. The Morgan fingerprint density at radius 3 is 1.82 bits per heavy atom. The smallest absolute Gasteiger partial charge is 0.0877 e. The van der Waals surface area contributed by atoms with Crippen LogP contribution in [0.15, 0.2) is 0 Å². The molecule has 0 spiro atoms. The molecule has 0 heterocycles. The third kappa shape index (κ3) is 2.80. The second kappa shape index (κ2) is 4.07. The molecule has 66 valence electrons. The van der Waals surface area contributed by atoms with E-state index >= 15 is 0 Å². The summed E-state index contributed by atoms with van der Waals surface area (Å²) in [7, 11) is 0. The Labute approximate surface area is 68.2 Å². The molecule has 0 bridgehead atoms. The summed E-state index contributed by atoms with van der Waals surface area (Å²) in [6.45, 7) is -0.0625. The van der Waals surface area contributed by atoms with E-state index in [0.29, 0.717) is 0 Å². The molecule has 2 nitrogen and oxygen atoms in total. The molecule has 2 N–H and O–H groups in total. The lowest BCUT2D eigenvalue weighted by atomic mass is 9.88. The summed E-state index contributed by atoms with van der Waals surface area (Å²) in [6, 6.07) is 0. The Kier molecular flexibility index (Phi) is 3.34. The molecule has 1 fully saturated rings. The molecule has 0 atom stereocenters. The molecule has 0 aliphatic heterocycles. The summed E-state index contributed by atoms with van der Waals surface area (Å²) in [5, 5.41) is 18.7. The van der Waals surface area contributed by atoms with Gasteiger partial charge in [0.25, 0.3) is 0 Å². The first-order valence-corrected chi connectivity index (χ1v) is 4.60. The van der Waals surface area contributed by atoms with Gasteiger partial charge in [-0.2, -0.15) is 0 Å². The van der Waals surface area contributed by atoms with Crippen molar-refractivity contribution < 1.29 is 10.2 Å². The third-order valence-electron chi connectivity index (χ3n) is 2.58. The SMILES string of the molecule is OCC1(O)CCCCCCC1. The van der Waals surface area contributed by atoms with Gasteiger partial charge in [0.1, 0.15) is 0 Å². The molecule has 1 saturated carbocycles. The predicted octanol–water partition coefficient (Wildman–Crippen LogP) is 1.45. The number of hydrogen-bond acceptors (Lipinski definition) is 2. The van der Waals surface area contributed by atoms with Crippen molar-refractivity contribution in [2.75, 3.05) is 6.61 Å². The average Bonchev–Trinajstić information content (AvgIpc) is 1.98. The minimum Gasteiger partial charge on any atom is -0.393 e. The van der Waals surface area contributed by atoms with Crippen LogP contribution in [0.2, 0.25) is 0 Å². The Balaban J connectivity index is 2.37. The highest BCUT2D eigenvalue weighted by molar-refractivity contribution is 4.78. The van der Waals surface area contributed by atoms with Crippen LogP contribution >= 0.6 is 0 Å². The lowest BCUT2D eigenvalue weighted by Gasteiger charge is -2.27. The van der Waals surface area contributed by atoms with E-state index in [1.807, 2.05) is 0 Å². The average molecular weight is 158 g/mol. The third-order valence-corrected chi connectivity index (χ3v) is 2.58. The molecule has 2 heteroatoms. The standard InChI is InChI=1S/C9H18O2/c10-8-9(11)6-4-2-1-3-5-7-9/h10-11H,1-8H2. The van der Waals surface area contributed by atoms with Gasteiger partial charge in [-0.15, -0.1) is 0 Å². The highest BCUT2D eigenvalue weighted by atomic mass is 16.3. The van der Waals surface area contributed by atoms with Crippen molar-refractivity contribution in [1.82, 2.24) is 0 Å². The van der Waals surface area contributed by atoms with E-state index in [0.717, 1.165) is 25.7 Å². The lowest BCUT2D eigenvalue weighted by Crippen LogP contribution is -2.33. The summed E-state index contributed by atoms with van der Waals surface area (Å²) in [5.74, 6) is 0. The van der Waals surface area contributed by atoms with E-state index in [-0.39, 0.29) is 6.61 Å². The maximum absolute atomic E-state index is 9.74. The monoisotopic (exact) mass is 158 g/mol. The highest BCUT2D eigenvalue weighted by Crippen LogP contribution is 2.25. The van der Waals surface area contributed by atoms with E-state index in [9.17, 15) is 5.11 Å². The zero-order valence-corrected chi connectivity index (χ0v) is 7.05. The van der Waals surface area contributed by atoms with Crippen LogP contribution in [-0.4, -0.2) is 22.4 Å². The quantitative estimate of drug-likeness (QED) is 0.606. The van der Waals surface area contributed by atoms with Crippen LogP contribution in [0.4, 0.5) is 0 Å². The first kappa shape index (κ1) is 9.01. The topological polar surface area (TPSA) is 40.5 Å². The fraction of sp³-hybridized carbons (Fsp3) is 1.00. The summed E-state index contributed by atoms with van der Waals surface area (Å²) in [4.78, 5) is 0. The Hall–Kier alpha value is -0.0800. The first-order chi connectivity index (χ1) is 5.27. The highest BCUT2D eigenvalue weighted by Gasteiger charge is 2.25. The number of aliphatic hydroxyl groups excluding tert-OH is 1. The Morgan fingerprint density at radius 2 is 1.36 bits per heavy atom. The van der Waals surface area contributed by atoms with E-state index in [1.165, 1.54) is 19.3 Å². The van der Waals surface area contributed by atoms with Crippen molar-refractivity contribution in [3.8, 4) is 0 Å². The summed E-state index contributed by atoms with van der Waals surface area (Å²) in [5.41, 5.74) is -0.750. The van der Waals surface area contributed by atoms with E-state index in [2.05, 4.69) is 0 Å². The zero-order valence-electron chi connectivity index (χ0n) is 7.05. The van der Waals surface area contributed by atoms with E-state index < -0.39 is 5.60 Å². The maximum atomic E-state index is 9.74. The first-order valence-electron chi connectivity index (χ1n) is 4.60. The second-order valence-electron chi connectivity index (χ2n) is 3.65. The molecule has 0 unspecified atom stereocenters. The van der Waals surface area contributed by atoms with Gasteiger partial charge in [-0.3, -0.25) is 0 Å². The van der Waals surface area contributed by atoms with Crippen LogP contribution in [-0.2, 0) is 0 Å². The van der Waals surface area contributed by atoms with Crippen LogP contribution in [0, 0.1) is 0 Å². The molecular weight excluding hydrogens is 140 g/mol. The largest absolute Gasteiger partial charge is 0.393 e. The lowest BCUT2D eigenvalue weighted by molar-refractivity contribution is -0.0340. The van der Waals surface area contributed by atoms with Gasteiger partial charge in [-0.25, -0.2) is 0 Å². The maximum Gasteiger partial charge on any atom is 0.0877 e. The molecule has 0 saturated heterocycles. The van der Waals surface area contributed by atoms with Gasteiger partial charge < -0.3 is 10.2 Å². The Morgan fingerprint density at radius 1 is 0.909 bits per heavy atom. The van der Waals surface area contributed by atoms with Crippen LogP contribution in [0.25, 0.3) is 0 Å². The number of rotatable bonds is 1. The van der Waals surface area contributed by atoms with Crippen LogP contribution in [0.3, 0.4) is 0 Å². The van der Waals surface area contributed by atoms with Crippen LogP contribution in [0.1, 0.15) is 44.9 Å². The second-order valence-corrected chi connectivity index (χ2v) is 3.65. The van der Waals surface area contributed by atoms with E-state index in [1.54, 1.807) is 0 Å². The zero-order chi connectivity index (χ0) is 8.16. The fourth-order valence-corrected chi connectivity index (χ4v) is 1.72. The summed E-state index contributed by atoms with van der Waals surface area (Å²) >= 11 is 0. The van der Waals surface area contributed by atoms with Crippen molar-refractivity contribution >= 4 is 0 Å². The summed E-state index contributed by atoms with van der Waals surface area (Å²) in [6.07, 6.45) is 7.41. The van der Waals surface area contributed by atoms with Gasteiger partial charge in [0.2, 0.25) is 0 Å². The molecule has 0 radical (unpaired) electrons. The Bertz CT molecular complexity index is 104. The molecule has 0 amide bonds.